The highest BCUT2D eigenvalue weighted by Gasteiger charge is 2.26. The maximum atomic E-state index is 12.3. The van der Waals surface area contributed by atoms with Gasteiger partial charge in [0.15, 0.2) is 0 Å². The Morgan fingerprint density at radius 2 is 1.64 bits per heavy atom. The number of carbonyl (C=O) groups excluding carboxylic acids is 2. The van der Waals surface area contributed by atoms with Crippen molar-refractivity contribution in [2.75, 3.05) is 53.9 Å². The normalized spacial score (nSPS) is 14.9. The number of piperazine rings is 1. The zero-order chi connectivity index (χ0) is 17.5. The molecular formula is C18H27ClN4O2. The summed E-state index contributed by atoms with van der Waals surface area (Å²) in [5.41, 5.74) is 1.19. The molecule has 0 aromatic heterocycles. The summed E-state index contributed by atoms with van der Waals surface area (Å²) in [5.74, 6) is 0. The average Bonchev–Trinajstić information content (AvgIpc) is 2.61. The van der Waals surface area contributed by atoms with Gasteiger partial charge in [0.05, 0.1) is 0 Å². The van der Waals surface area contributed by atoms with E-state index in [1.165, 1.54) is 22.4 Å². The number of hydrogen-bond donors (Lipinski definition) is 0. The Morgan fingerprint density at radius 1 is 1.04 bits per heavy atom. The van der Waals surface area contributed by atoms with Gasteiger partial charge in [-0.25, -0.2) is 14.5 Å². The third-order valence-electron chi connectivity index (χ3n) is 4.07. The van der Waals surface area contributed by atoms with E-state index in [-0.39, 0.29) is 24.5 Å². The molecule has 138 valence electrons. The molecule has 0 N–H and O–H groups in total. The first-order valence-corrected chi connectivity index (χ1v) is 8.17. The molecule has 0 bridgehead atoms. The van der Waals surface area contributed by atoms with E-state index in [1.807, 2.05) is 18.2 Å². The van der Waals surface area contributed by atoms with Crippen LogP contribution in [0.4, 0.5) is 9.59 Å². The number of carbonyl (C=O) groups is 2. The molecule has 1 fully saturated rings. The fourth-order valence-corrected chi connectivity index (χ4v) is 2.62. The van der Waals surface area contributed by atoms with Crippen LogP contribution in [0.15, 0.2) is 36.4 Å². The molecule has 0 atom stereocenters. The standard InChI is InChI=1S/C18H26N4O2.ClH/c1-19(2)17(23)20(3)18(24)22-14-12-21(13-15-22)11-7-10-16-8-5-4-6-9-16;/h4-10H,11-15H2,1-3H3;1H/b10-7+;. The lowest BCUT2D eigenvalue weighted by Gasteiger charge is -2.36. The zero-order valence-corrected chi connectivity index (χ0v) is 15.9. The number of halogens is 1. The molecule has 1 aliphatic rings. The second-order valence-corrected chi connectivity index (χ2v) is 6.12. The Hall–Kier alpha value is -2.05. The van der Waals surface area contributed by atoms with E-state index in [0.717, 1.165) is 19.6 Å². The SMILES string of the molecule is CN(C)C(=O)N(C)C(=O)N1CCN(C/C=C/c2ccccc2)CC1.Cl. The van der Waals surface area contributed by atoms with Crippen molar-refractivity contribution in [2.24, 2.45) is 0 Å². The van der Waals surface area contributed by atoms with E-state index in [4.69, 9.17) is 0 Å². The third-order valence-corrected chi connectivity index (χ3v) is 4.07. The second-order valence-electron chi connectivity index (χ2n) is 6.12. The molecule has 0 saturated carbocycles. The summed E-state index contributed by atoms with van der Waals surface area (Å²) in [6.45, 7) is 3.78. The first-order chi connectivity index (χ1) is 11.5. The van der Waals surface area contributed by atoms with Crippen molar-refractivity contribution in [1.29, 1.82) is 0 Å². The third kappa shape index (κ3) is 6.07. The average molecular weight is 367 g/mol. The second kappa shape index (κ2) is 10.1. The highest BCUT2D eigenvalue weighted by atomic mass is 35.5. The Balaban J connectivity index is 0.00000312. The van der Waals surface area contributed by atoms with Crippen molar-refractivity contribution < 1.29 is 9.59 Å². The molecule has 25 heavy (non-hydrogen) atoms. The topological polar surface area (TPSA) is 47.1 Å². The van der Waals surface area contributed by atoms with E-state index in [9.17, 15) is 9.59 Å². The van der Waals surface area contributed by atoms with Gasteiger partial charge in [0.2, 0.25) is 0 Å². The van der Waals surface area contributed by atoms with Crippen LogP contribution in [-0.4, -0.2) is 85.5 Å². The van der Waals surface area contributed by atoms with E-state index in [0.29, 0.717) is 13.1 Å². The van der Waals surface area contributed by atoms with Crippen LogP contribution in [0, 0.1) is 0 Å². The van der Waals surface area contributed by atoms with Crippen molar-refractivity contribution in [3.63, 3.8) is 0 Å². The molecule has 4 amide bonds. The van der Waals surface area contributed by atoms with E-state index in [1.54, 1.807) is 19.0 Å². The lowest BCUT2D eigenvalue weighted by Crippen LogP contribution is -2.54. The molecule has 1 aromatic rings. The predicted octanol–water partition coefficient (Wildman–Crippen LogP) is 2.47. The largest absolute Gasteiger partial charge is 0.330 e. The van der Waals surface area contributed by atoms with Crippen molar-refractivity contribution in [1.82, 2.24) is 19.6 Å². The fourth-order valence-electron chi connectivity index (χ4n) is 2.62. The van der Waals surface area contributed by atoms with Crippen LogP contribution in [0.3, 0.4) is 0 Å². The van der Waals surface area contributed by atoms with Crippen molar-refractivity contribution >= 4 is 30.5 Å². The Bertz CT molecular complexity index is 584. The van der Waals surface area contributed by atoms with Crippen LogP contribution in [0.25, 0.3) is 6.08 Å². The Morgan fingerprint density at radius 3 is 2.20 bits per heavy atom. The van der Waals surface area contributed by atoms with Crippen molar-refractivity contribution in [2.45, 2.75) is 0 Å². The molecule has 7 heteroatoms. The molecular weight excluding hydrogens is 340 g/mol. The van der Waals surface area contributed by atoms with E-state index >= 15 is 0 Å². The molecule has 0 unspecified atom stereocenters. The van der Waals surface area contributed by atoms with Gasteiger partial charge in [-0.1, -0.05) is 42.5 Å². The molecule has 1 aromatic carbocycles. The zero-order valence-electron chi connectivity index (χ0n) is 15.1. The fraction of sp³-hybridized carbons (Fsp3) is 0.444. The summed E-state index contributed by atoms with van der Waals surface area (Å²) in [7, 11) is 4.81. The monoisotopic (exact) mass is 366 g/mol. The van der Waals surface area contributed by atoms with Gasteiger partial charge < -0.3 is 9.80 Å². The summed E-state index contributed by atoms with van der Waals surface area (Å²) >= 11 is 0. The number of imide groups is 1. The van der Waals surface area contributed by atoms with Crippen LogP contribution in [0.5, 0.6) is 0 Å². The van der Waals surface area contributed by atoms with Crippen LogP contribution in [0.1, 0.15) is 5.56 Å². The van der Waals surface area contributed by atoms with E-state index in [2.05, 4.69) is 29.2 Å². The Labute approximate surface area is 156 Å². The van der Waals surface area contributed by atoms with Crippen LogP contribution in [-0.2, 0) is 0 Å². The molecule has 2 rings (SSSR count). The lowest BCUT2D eigenvalue weighted by atomic mass is 10.2. The minimum absolute atomic E-state index is 0. The summed E-state index contributed by atoms with van der Waals surface area (Å²) < 4.78 is 0. The number of urea groups is 2. The minimum Gasteiger partial charge on any atom is -0.330 e. The summed E-state index contributed by atoms with van der Waals surface area (Å²) in [5, 5.41) is 0. The quantitative estimate of drug-likeness (QED) is 0.825. The van der Waals surface area contributed by atoms with Gasteiger partial charge in [0.25, 0.3) is 0 Å². The first-order valence-electron chi connectivity index (χ1n) is 8.17. The maximum absolute atomic E-state index is 12.3. The summed E-state index contributed by atoms with van der Waals surface area (Å²) in [6, 6.07) is 9.67. The molecule has 6 nitrogen and oxygen atoms in total. The molecule has 1 heterocycles. The van der Waals surface area contributed by atoms with Crippen LogP contribution < -0.4 is 0 Å². The number of amides is 4. The Kier molecular flexibility index (Phi) is 8.45. The van der Waals surface area contributed by atoms with Crippen molar-refractivity contribution in [3.8, 4) is 0 Å². The summed E-state index contributed by atoms with van der Waals surface area (Å²) in [6.07, 6.45) is 4.26. The van der Waals surface area contributed by atoms with Gasteiger partial charge in [-0.2, -0.15) is 0 Å². The smallest absolute Gasteiger partial charge is 0.327 e. The number of hydrogen-bond acceptors (Lipinski definition) is 3. The number of rotatable bonds is 3. The van der Waals surface area contributed by atoms with Gasteiger partial charge in [0, 0.05) is 53.9 Å². The first kappa shape index (κ1) is 21.0. The van der Waals surface area contributed by atoms with Gasteiger partial charge in [0.1, 0.15) is 0 Å². The maximum Gasteiger partial charge on any atom is 0.327 e. The van der Waals surface area contributed by atoms with Gasteiger partial charge in [-0.15, -0.1) is 12.4 Å². The molecule has 0 radical (unpaired) electrons. The van der Waals surface area contributed by atoms with Crippen LogP contribution in [0.2, 0.25) is 0 Å². The molecule has 1 saturated heterocycles. The van der Waals surface area contributed by atoms with Gasteiger partial charge >= 0.3 is 12.1 Å². The summed E-state index contributed by atoms with van der Waals surface area (Å²) in [4.78, 5) is 30.8. The number of nitrogens with zero attached hydrogens (tertiary/aromatic N) is 4. The van der Waals surface area contributed by atoms with Gasteiger partial charge in [-0.3, -0.25) is 4.90 Å². The van der Waals surface area contributed by atoms with Crippen LogP contribution >= 0.6 is 12.4 Å². The molecule has 0 spiro atoms. The van der Waals surface area contributed by atoms with Crippen molar-refractivity contribution in [3.05, 3.63) is 42.0 Å². The van der Waals surface area contributed by atoms with Gasteiger partial charge in [-0.05, 0) is 5.56 Å². The predicted molar refractivity (Wildman–Crippen MR) is 103 cm³/mol. The molecule has 0 aliphatic carbocycles. The van der Waals surface area contributed by atoms with E-state index < -0.39 is 0 Å². The molecule has 1 aliphatic heterocycles. The highest BCUT2D eigenvalue weighted by molar-refractivity contribution is 5.93. The lowest BCUT2D eigenvalue weighted by molar-refractivity contribution is 0.122. The number of benzene rings is 1. The highest BCUT2D eigenvalue weighted by Crippen LogP contribution is 2.07. The minimum atomic E-state index is -0.298.